The van der Waals surface area contributed by atoms with Crippen molar-refractivity contribution in [2.24, 2.45) is 4.99 Å². The fourth-order valence-corrected chi connectivity index (χ4v) is 3.24. The van der Waals surface area contributed by atoms with Crippen molar-refractivity contribution in [2.45, 2.75) is 19.4 Å². The van der Waals surface area contributed by atoms with E-state index in [1.807, 2.05) is 25.1 Å². The van der Waals surface area contributed by atoms with Crippen molar-refractivity contribution >= 4 is 44.6 Å². The predicted octanol–water partition coefficient (Wildman–Crippen LogP) is 4.88. The zero-order valence-electron chi connectivity index (χ0n) is 11.2. The number of hydrogen-bond donors (Lipinski definition) is 1. The van der Waals surface area contributed by atoms with Crippen molar-refractivity contribution in [3.8, 4) is 0 Å². The van der Waals surface area contributed by atoms with Gasteiger partial charge in [-0.05, 0) is 54.5 Å². The third-order valence-electron chi connectivity index (χ3n) is 3.51. The minimum absolute atomic E-state index is 0.432. The molecule has 1 atom stereocenters. The van der Waals surface area contributed by atoms with Crippen molar-refractivity contribution in [1.82, 2.24) is 5.32 Å². The molecule has 2 aromatic carbocycles. The molecule has 0 saturated heterocycles. The molecule has 0 bridgehead atoms. The van der Waals surface area contributed by atoms with Crippen LogP contribution in [0.5, 0.6) is 0 Å². The van der Waals surface area contributed by atoms with Crippen LogP contribution >= 0.6 is 27.5 Å². The van der Waals surface area contributed by atoms with E-state index in [9.17, 15) is 0 Å². The minimum atomic E-state index is -0.432. The quantitative estimate of drug-likeness (QED) is 0.780. The summed E-state index contributed by atoms with van der Waals surface area (Å²) in [5.74, 6) is 0. The molecule has 2 nitrogen and oxygen atoms in total. The molecule has 1 radical (unpaired) electrons. The maximum atomic E-state index is 6.17. The Morgan fingerprint density at radius 2 is 2.05 bits per heavy atom. The number of halogens is 2. The number of benzene rings is 2. The second kappa shape index (κ2) is 4.90. The van der Waals surface area contributed by atoms with Crippen LogP contribution in [0.1, 0.15) is 19.4 Å². The van der Waals surface area contributed by atoms with Gasteiger partial charge in [-0.2, -0.15) is 0 Å². The number of nitrogens with one attached hydrogen (secondary N) is 1. The zero-order chi connectivity index (χ0) is 14.3. The maximum absolute atomic E-state index is 6.17. The fraction of sp³-hybridized carbons (Fsp3) is 0.188. The molecule has 0 amide bonds. The van der Waals surface area contributed by atoms with Gasteiger partial charge in [-0.1, -0.05) is 39.7 Å². The topological polar surface area (TPSA) is 24.4 Å². The lowest BCUT2D eigenvalue weighted by molar-refractivity contribution is 0.620. The second-order valence-electron chi connectivity index (χ2n) is 5.11. The van der Waals surface area contributed by atoms with Crippen molar-refractivity contribution in [3.05, 3.63) is 57.2 Å². The minimum Gasteiger partial charge on any atom is -0.341 e. The van der Waals surface area contributed by atoms with Crippen molar-refractivity contribution in [3.63, 3.8) is 0 Å². The van der Waals surface area contributed by atoms with Crippen LogP contribution in [0.4, 0.5) is 0 Å². The third kappa shape index (κ3) is 2.25. The van der Waals surface area contributed by atoms with E-state index in [0.29, 0.717) is 0 Å². The molecule has 1 aliphatic heterocycles. The molecule has 0 aliphatic carbocycles. The summed E-state index contributed by atoms with van der Waals surface area (Å²) in [4.78, 5) is 4.50. The smallest absolute Gasteiger partial charge is 0.169 e. The Kier molecular flexibility index (Phi) is 3.35. The molecule has 3 rings (SSSR count). The van der Waals surface area contributed by atoms with Gasteiger partial charge < -0.3 is 5.32 Å². The van der Waals surface area contributed by atoms with Crippen LogP contribution in [0.3, 0.4) is 0 Å². The van der Waals surface area contributed by atoms with Gasteiger partial charge in [0.15, 0.2) is 6.34 Å². The van der Waals surface area contributed by atoms with E-state index in [1.54, 1.807) is 0 Å². The van der Waals surface area contributed by atoms with Crippen molar-refractivity contribution in [1.29, 1.82) is 0 Å². The molecule has 0 saturated carbocycles. The summed E-state index contributed by atoms with van der Waals surface area (Å²) in [5, 5.41) is 5.95. The summed E-state index contributed by atoms with van der Waals surface area (Å²) in [6.07, 6.45) is 4.98. The fourth-order valence-electron chi connectivity index (χ4n) is 2.59. The highest BCUT2D eigenvalue weighted by Gasteiger charge is 2.27. The summed E-state index contributed by atoms with van der Waals surface area (Å²) in [6, 6.07) is 10.1. The van der Waals surface area contributed by atoms with Gasteiger partial charge in [-0.25, -0.2) is 4.99 Å². The number of allylic oxidation sites excluding steroid dienone is 1. The van der Waals surface area contributed by atoms with E-state index in [4.69, 9.17) is 11.6 Å². The van der Waals surface area contributed by atoms with Crippen LogP contribution in [0, 0.1) is 0 Å². The van der Waals surface area contributed by atoms with Crippen molar-refractivity contribution < 1.29 is 0 Å². The molecule has 1 heterocycles. The monoisotopic (exact) mass is 347 g/mol. The molecule has 0 spiro atoms. The number of fused-ring (bicyclic) bond motifs is 1. The third-order valence-corrected chi connectivity index (χ3v) is 4.44. The van der Waals surface area contributed by atoms with Crippen LogP contribution in [0.2, 0.25) is 5.02 Å². The van der Waals surface area contributed by atoms with Gasteiger partial charge in [0.25, 0.3) is 0 Å². The molecule has 1 unspecified atom stereocenters. The van der Waals surface area contributed by atoms with Gasteiger partial charge in [0.05, 0.1) is 0 Å². The van der Waals surface area contributed by atoms with Gasteiger partial charge in [0.2, 0.25) is 0 Å². The Hall–Kier alpha value is -1.32. The molecule has 20 heavy (non-hydrogen) atoms. The second-order valence-corrected chi connectivity index (χ2v) is 6.40. The molecule has 101 valence electrons. The zero-order valence-corrected chi connectivity index (χ0v) is 13.5. The van der Waals surface area contributed by atoms with Gasteiger partial charge >= 0.3 is 0 Å². The predicted molar refractivity (Wildman–Crippen MR) is 88.3 cm³/mol. The number of nitrogens with zero attached hydrogens (tertiary/aromatic N) is 1. The van der Waals surface area contributed by atoms with Crippen LogP contribution in [0.25, 0.3) is 10.8 Å². The molecular formula is C16H13BrClN2. The Bertz CT molecular complexity index is 751. The molecule has 1 N–H and O–H groups in total. The summed E-state index contributed by atoms with van der Waals surface area (Å²) in [5.41, 5.74) is 1.73. The number of hydrogen-bond acceptors (Lipinski definition) is 2. The first-order valence-corrected chi connectivity index (χ1v) is 7.47. The average molecular weight is 349 g/mol. The highest BCUT2D eigenvalue weighted by Crippen LogP contribution is 2.38. The first-order chi connectivity index (χ1) is 9.49. The van der Waals surface area contributed by atoms with E-state index < -0.39 is 5.54 Å². The SMILES string of the molecule is CC1=CC(C)(c2ccc(Br)c3ccc(Cl)cc23)N=[C]N1. The first kappa shape index (κ1) is 13.7. The standard InChI is InChI=1S/C16H13BrClN2/c1-10-8-16(2,20-9-19-10)14-5-6-15(17)12-4-3-11(18)7-13(12)14/h3-8H,1-2H3,(H,19,20). The van der Waals surface area contributed by atoms with Crippen LogP contribution in [0.15, 0.2) is 51.6 Å². The summed E-state index contributed by atoms with van der Waals surface area (Å²) >= 11 is 9.76. The molecular weight excluding hydrogens is 336 g/mol. The molecule has 0 aromatic heterocycles. The number of rotatable bonds is 1. The highest BCUT2D eigenvalue weighted by atomic mass is 79.9. The number of aliphatic imine (C=N–C) groups is 1. The largest absolute Gasteiger partial charge is 0.341 e. The molecule has 4 heteroatoms. The maximum Gasteiger partial charge on any atom is 0.169 e. The van der Waals surface area contributed by atoms with E-state index in [-0.39, 0.29) is 0 Å². The van der Waals surface area contributed by atoms with Crippen LogP contribution in [-0.4, -0.2) is 6.34 Å². The van der Waals surface area contributed by atoms with E-state index in [2.05, 4.69) is 57.7 Å². The molecule has 2 aromatic rings. The molecule has 1 aliphatic rings. The van der Waals surface area contributed by atoms with E-state index in [0.717, 1.165) is 31.5 Å². The van der Waals surface area contributed by atoms with Gasteiger partial charge in [-0.15, -0.1) is 0 Å². The Labute approximate surface area is 131 Å². The van der Waals surface area contributed by atoms with Crippen molar-refractivity contribution in [2.75, 3.05) is 0 Å². The lowest BCUT2D eigenvalue weighted by Crippen LogP contribution is -2.26. The van der Waals surface area contributed by atoms with E-state index >= 15 is 0 Å². The Morgan fingerprint density at radius 3 is 2.80 bits per heavy atom. The van der Waals surface area contributed by atoms with E-state index in [1.165, 1.54) is 0 Å². The first-order valence-electron chi connectivity index (χ1n) is 6.30. The van der Waals surface area contributed by atoms with Gasteiger partial charge in [0.1, 0.15) is 5.54 Å². The van der Waals surface area contributed by atoms with Crippen LogP contribution < -0.4 is 5.32 Å². The van der Waals surface area contributed by atoms with Crippen LogP contribution in [-0.2, 0) is 5.54 Å². The van der Waals surface area contributed by atoms with Gasteiger partial charge in [-0.3, -0.25) is 0 Å². The Morgan fingerprint density at radius 1 is 1.25 bits per heavy atom. The lowest BCUT2D eigenvalue weighted by Gasteiger charge is -2.27. The summed E-state index contributed by atoms with van der Waals surface area (Å²) < 4.78 is 1.05. The Balaban J connectivity index is 2.32. The average Bonchev–Trinajstić information content (AvgIpc) is 2.38. The highest BCUT2D eigenvalue weighted by molar-refractivity contribution is 9.10. The summed E-state index contributed by atoms with van der Waals surface area (Å²) in [7, 11) is 0. The lowest BCUT2D eigenvalue weighted by atomic mass is 9.87. The molecule has 0 fully saturated rings. The summed E-state index contributed by atoms with van der Waals surface area (Å²) in [6.45, 7) is 4.09. The normalized spacial score (nSPS) is 21.7. The van der Waals surface area contributed by atoms with Gasteiger partial charge in [0, 0.05) is 15.2 Å².